The van der Waals surface area contributed by atoms with Crippen LogP contribution in [0.4, 0.5) is 0 Å². The molecule has 2 amide bonds. The summed E-state index contributed by atoms with van der Waals surface area (Å²) in [5, 5.41) is 7.83. The van der Waals surface area contributed by atoms with Crippen molar-refractivity contribution in [2.24, 2.45) is 11.7 Å². The van der Waals surface area contributed by atoms with Crippen molar-refractivity contribution in [1.82, 2.24) is 15.1 Å². The van der Waals surface area contributed by atoms with Crippen LogP contribution in [-0.2, 0) is 16.0 Å². The number of carbonyl (C=O) groups excluding carboxylic acids is 2. The molecule has 2 atom stereocenters. The van der Waals surface area contributed by atoms with Gasteiger partial charge in [-0.15, -0.1) is 0 Å². The maximum absolute atomic E-state index is 12.6. The van der Waals surface area contributed by atoms with Crippen LogP contribution < -0.4 is 5.73 Å². The van der Waals surface area contributed by atoms with Gasteiger partial charge in [0.15, 0.2) is 0 Å². The summed E-state index contributed by atoms with van der Waals surface area (Å²) in [6.07, 6.45) is 3.58. The van der Waals surface area contributed by atoms with Crippen molar-refractivity contribution in [1.29, 1.82) is 0 Å². The summed E-state index contributed by atoms with van der Waals surface area (Å²) in [7, 11) is 0. The van der Waals surface area contributed by atoms with Gasteiger partial charge in [-0.1, -0.05) is 13.0 Å². The molecule has 6 nitrogen and oxygen atoms in total. The van der Waals surface area contributed by atoms with E-state index in [1.54, 1.807) is 11.1 Å². The molecular weight excluding hydrogens is 280 g/mol. The smallest absolute Gasteiger partial charge is 0.240 e. The molecular formula is C16H20N4O2. The van der Waals surface area contributed by atoms with Crippen LogP contribution in [0.25, 0.3) is 10.9 Å². The van der Waals surface area contributed by atoms with Crippen LogP contribution in [0.5, 0.6) is 0 Å². The van der Waals surface area contributed by atoms with Gasteiger partial charge in [-0.2, -0.15) is 5.10 Å². The first-order valence-corrected chi connectivity index (χ1v) is 7.55. The van der Waals surface area contributed by atoms with Crippen molar-refractivity contribution in [3.05, 3.63) is 30.0 Å². The lowest BCUT2D eigenvalue weighted by molar-refractivity contribution is -0.141. The molecule has 1 aromatic heterocycles. The Morgan fingerprint density at radius 1 is 1.45 bits per heavy atom. The molecule has 3 N–H and O–H groups in total. The Morgan fingerprint density at radius 2 is 2.27 bits per heavy atom. The van der Waals surface area contributed by atoms with Gasteiger partial charge in [-0.3, -0.25) is 14.7 Å². The molecule has 0 bridgehead atoms. The van der Waals surface area contributed by atoms with Crippen molar-refractivity contribution in [3.8, 4) is 0 Å². The summed E-state index contributed by atoms with van der Waals surface area (Å²) in [6, 6.07) is 5.29. The minimum atomic E-state index is -0.478. The normalized spacial score (nSPS) is 22.0. The van der Waals surface area contributed by atoms with Crippen molar-refractivity contribution in [2.45, 2.75) is 32.2 Å². The van der Waals surface area contributed by atoms with E-state index < -0.39 is 11.9 Å². The van der Waals surface area contributed by atoms with Crippen molar-refractivity contribution < 1.29 is 9.59 Å². The van der Waals surface area contributed by atoms with Crippen molar-refractivity contribution in [2.75, 3.05) is 6.54 Å². The second-order valence-corrected chi connectivity index (χ2v) is 6.10. The summed E-state index contributed by atoms with van der Waals surface area (Å²) in [5.74, 6) is -0.0347. The van der Waals surface area contributed by atoms with Gasteiger partial charge in [0.1, 0.15) is 6.04 Å². The number of benzene rings is 1. The number of amides is 2. The SMILES string of the molecule is CC1CCN(C(=O)Cc2ccc3[nH]ncc3c2)C(C(N)=O)C1. The lowest BCUT2D eigenvalue weighted by Crippen LogP contribution is -2.52. The number of likely N-dealkylation sites (tertiary alicyclic amines) is 1. The molecule has 1 aliphatic heterocycles. The predicted octanol–water partition coefficient (Wildman–Crippen LogP) is 1.22. The lowest BCUT2D eigenvalue weighted by atomic mass is 9.91. The van der Waals surface area contributed by atoms with E-state index >= 15 is 0 Å². The number of hydrogen-bond donors (Lipinski definition) is 2. The van der Waals surface area contributed by atoms with Crippen LogP contribution in [0.2, 0.25) is 0 Å². The fraction of sp³-hybridized carbons (Fsp3) is 0.438. The molecule has 1 aliphatic rings. The summed E-state index contributed by atoms with van der Waals surface area (Å²) in [4.78, 5) is 25.8. The lowest BCUT2D eigenvalue weighted by Gasteiger charge is -2.36. The summed E-state index contributed by atoms with van der Waals surface area (Å²) >= 11 is 0. The van der Waals surface area contributed by atoms with Crippen molar-refractivity contribution >= 4 is 22.7 Å². The highest BCUT2D eigenvalue weighted by molar-refractivity contribution is 5.88. The van der Waals surface area contributed by atoms with E-state index in [1.807, 2.05) is 18.2 Å². The Kier molecular flexibility index (Phi) is 3.83. The standard InChI is InChI=1S/C16H20N4O2/c1-10-4-5-20(14(6-10)16(17)22)15(21)8-11-2-3-13-12(7-11)9-18-19-13/h2-3,7,9-10,14H,4-6,8H2,1H3,(H2,17,22)(H,18,19). The number of H-pyrrole nitrogens is 1. The third kappa shape index (κ3) is 2.81. The van der Waals surface area contributed by atoms with Crippen molar-refractivity contribution in [3.63, 3.8) is 0 Å². The third-order valence-corrected chi connectivity index (χ3v) is 4.37. The monoisotopic (exact) mass is 300 g/mol. The van der Waals surface area contributed by atoms with Gasteiger partial charge in [0.25, 0.3) is 0 Å². The van der Waals surface area contributed by atoms with E-state index in [0.29, 0.717) is 18.9 Å². The average Bonchev–Trinajstić information content (AvgIpc) is 2.94. The Hall–Kier alpha value is -2.37. The Labute approximate surface area is 128 Å². The first-order valence-electron chi connectivity index (χ1n) is 7.55. The van der Waals surface area contributed by atoms with E-state index in [-0.39, 0.29) is 12.3 Å². The number of nitrogens with one attached hydrogen (secondary N) is 1. The molecule has 2 aromatic rings. The number of fused-ring (bicyclic) bond motifs is 1. The van der Waals surface area contributed by atoms with Crippen LogP contribution in [0.1, 0.15) is 25.3 Å². The zero-order chi connectivity index (χ0) is 15.7. The van der Waals surface area contributed by atoms with E-state index in [9.17, 15) is 9.59 Å². The molecule has 1 aromatic carbocycles. The van der Waals surface area contributed by atoms with Gasteiger partial charge in [0.05, 0.1) is 18.1 Å². The van der Waals surface area contributed by atoms with Crippen LogP contribution in [0.15, 0.2) is 24.4 Å². The quantitative estimate of drug-likeness (QED) is 0.892. The number of rotatable bonds is 3. The molecule has 3 rings (SSSR count). The minimum absolute atomic E-state index is 0.0430. The summed E-state index contributed by atoms with van der Waals surface area (Å²) in [5.41, 5.74) is 7.33. The molecule has 0 spiro atoms. The Balaban J connectivity index is 1.76. The van der Waals surface area contributed by atoms with Crippen LogP contribution in [-0.4, -0.2) is 39.5 Å². The molecule has 0 saturated carbocycles. The summed E-state index contributed by atoms with van der Waals surface area (Å²) < 4.78 is 0. The van der Waals surface area contributed by atoms with E-state index in [1.165, 1.54) is 0 Å². The molecule has 1 saturated heterocycles. The average molecular weight is 300 g/mol. The number of piperidine rings is 1. The molecule has 0 radical (unpaired) electrons. The number of carbonyl (C=O) groups is 2. The molecule has 6 heteroatoms. The van der Waals surface area contributed by atoms with E-state index in [0.717, 1.165) is 22.9 Å². The van der Waals surface area contributed by atoms with Gasteiger partial charge in [-0.05, 0) is 36.5 Å². The maximum Gasteiger partial charge on any atom is 0.240 e. The zero-order valence-electron chi connectivity index (χ0n) is 12.6. The molecule has 2 unspecified atom stereocenters. The number of aromatic amines is 1. The maximum atomic E-state index is 12.6. The molecule has 116 valence electrons. The number of nitrogens with two attached hydrogens (primary N) is 1. The zero-order valence-corrected chi connectivity index (χ0v) is 12.6. The first kappa shape index (κ1) is 14.6. The predicted molar refractivity (Wildman–Crippen MR) is 82.9 cm³/mol. The van der Waals surface area contributed by atoms with Gasteiger partial charge >= 0.3 is 0 Å². The van der Waals surface area contributed by atoms with Crippen LogP contribution in [0.3, 0.4) is 0 Å². The molecule has 1 fully saturated rings. The van der Waals surface area contributed by atoms with Gasteiger partial charge in [0, 0.05) is 11.9 Å². The second-order valence-electron chi connectivity index (χ2n) is 6.10. The van der Waals surface area contributed by atoms with E-state index in [2.05, 4.69) is 17.1 Å². The highest BCUT2D eigenvalue weighted by Crippen LogP contribution is 2.23. The number of hydrogen-bond acceptors (Lipinski definition) is 3. The van der Waals surface area contributed by atoms with Gasteiger partial charge in [0.2, 0.25) is 11.8 Å². The van der Waals surface area contributed by atoms with E-state index in [4.69, 9.17) is 5.73 Å². The van der Waals surface area contributed by atoms with Gasteiger partial charge in [-0.25, -0.2) is 0 Å². The molecule has 2 heterocycles. The molecule has 0 aliphatic carbocycles. The number of aromatic nitrogens is 2. The highest BCUT2D eigenvalue weighted by atomic mass is 16.2. The van der Waals surface area contributed by atoms with Crippen LogP contribution >= 0.6 is 0 Å². The Bertz CT molecular complexity index is 709. The minimum Gasteiger partial charge on any atom is -0.368 e. The topological polar surface area (TPSA) is 92.1 Å². The number of primary amides is 1. The molecule has 22 heavy (non-hydrogen) atoms. The van der Waals surface area contributed by atoms with Gasteiger partial charge < -0.3 is 10.6 Å². The fourth-order valence-corrected chi connectivity index (χ4v) is 3.09. The summed E-state index contributed by atoms with van der Waals surface area (Å²) in [6.45, 7) is 2.69. The third-order valence-electron chi connectivity index (χ3n) is 4.37. The second kappa shape index (κ2) is 5.79. The number of nitrogens with zero attached hydrogens (tertiary/aromatic N) is 2. The first-order chi connectivity index (χ1) is 10.5. The Morgan fingerprint density at radius 3 is 3.05 bits per heavy atom. The van der Waals surface area contributed by atoms with Crippen LogP contribution in [0, 0.1) is 5.92 Å². The fourth-order valence-electron chi connectivity index (χ4n) is 3.09. The highest BCUT2D eigenvalue weighted by Gasteiger charge is 2.33. The largest absolute Gasteiger partial charge is 0.368 e.